The van der Waals surface area contributed by atoms with Gasteiger partial charge >= 0.3 is 0 Å². The number of carbonyl (C=O) groups is 1. The number of nitrogens with zero attached hydrogens (tertiary/aromatic N) is 3. The highest BCUT2D eigenvalue weighted by molar-refractivity contribution is 7.11. The maximum absolute atomic E-state index is 12.3. The Balaban J connectivity index is 1.97. The van der Waals surface area contributed by atoms with E-state index in [2.05, 4.69) is 5.10 Å². The molecule has 0 amide bonds. The van der Waals surface area contributed by atoms with E-state index >= 15 is 0 Å². The number of hydrogen-bond donors (Lipinski definition) is 1. The molecule has 0 radical (unpaired) electrons. The largest absolute Gasteiger partial charge is 0.286 e. The molecule has 2 aromatic carbocycles. The summed E-state index contributed by atoms with van der Waals surface area (Å²) in [6.07, 6.45) is 0. The topological polar surface area (TPSA) is 102 Å². The highest BCUT2D eigenvalue weighted by atomic mass is 32.1. The molecule has 0 aliphatic rings. The van der Waals surface area contributed by atoms with E-state index in [1.54, 1.807) is 24.3 Å². The number of carbonyl (C=O) groups excluding carboxylic acids is 1. The van der Waals surface area contributed by atoms with E-state index in [-0.39, 0.29) is 21.3 Å². The van der Waals surface area contributed by atoms with Crippen molar-refractivity contribution in [3.63, 3.8) is 0 Å². The van der Waals surface area contributed by atoms with Gasteiger partial charge in [0.25, 0.3) is 5.69 Å². The first kappa shape index (κ1) is 14.8. The lowest BCUT2D eigenvalue weighted by Crippen LogP contribution is -2.12. The molecule has 1 aromatic heterocycles. The summed E-state index contributed by atoms with van der Waals surface area (Å²) < 4.78 is 1.28. The lowest BCUT2D eigenvalue weighted by atomic mass is 10.1. The van der Waals surface area contributed by atoms with Crippen LogP contribution in [0.2, 0.25) is 0 Å². The number of nitro groups is 1. The number of rotatable bonds is 4. The Kier molecular flexibility index (Phi) is 3.82. The monoisotopic (exact) mass is 326 g/mol. The molecule has 0 bridgehead atoms. The Morgan fingerprint density at radius 2 is 1.78 bits per heavy atom. The molecule has 3 rings (SSSR count). The minimum atomic E-state index is -0.499. The average Bonchev–Trinajstić information content (AvgIpc) is 2.97. The summed E-state index contributed by atoms with van der Waals surface area (Å²) in [6, 6.07) is 14.3. The summed E-state index contributed by atoms with van der Waals surface area (Å²) in [5, 5.41) is 23.0. The maximum Gasteiger partial charge on any atom is 0.269 e. The number of aromatic nitrogens is 2. The minimum Gasteiger partial charge on any atom is -0.286 e. The van der Waals surface area contributed by atoms with Crippen LogP contribution < -0.4 is 4.80 Å². The number of hydrogen-bond acceptors (Lipinski definition) is 6. The normalized spacial score (nSPS) is 10.4. The van der Waals surface area contributed by atoms with Crippen molar-refractivity contribution >= 4 is 22.8 Å². The first-order valence-electron chi connectivity index (χ1n) is 6.55. The lowest BCUT2D eigenvalue weighted by molar-refractivity contribution is -0.384. The fraction of sp³-hybridized carbons (Fsp3) is 0. The Morgan fingerprint density at radius 3 is 2.39 bits per heavy atom. The molecule has 0 saturated heterocycles. The predicted octanol–water partition coefficient (Wildman–Crippen LogP) is 2.55. The molecule has 8 heteroatoms. The molecule has 7 nitrogen and oxygen atoms in total. The highest BCUT2D eigenvalue weighted by Crippen LogP contribution is 2.15. The number of benzene rings is 2. The van der Waals surface area contributed by atoms with Gasteiger partial charge in [-0.25, -0.2) is 4.68 Å². The van der Waals surface area contributed by atoms with Gasteiger partial charge in [-0.05, 0) is 12.1 Å². The van der Waals surface area contributed by atoms with E-state index in [0.717, 1.165) is 11.3 Å². The van der Waals surface area contributed by atoms with E-state index in [0.29, 0.717) is 11.3 Å². The van der Waals surface area contributed by atoms with Crippen LogP contribution in [0.4, 0.5) is 5.69 Å². The van der Waals surface area contributed by atoms with Crippen LogP contribution in [-0.2, 0) is 0 Å². The van der Waals surface area contributed by atoms with Gasteiger partial charge in [-0.2, -0.15) is 5.10 Å². The van der Waals surface area contributed by atoms with E-state index in [9.17, 15) is 14.9 Å². The zero-order valence-electron chi connectivity index (χ0n) is 11.7. The molecule has 0 saturated carbocycles. The second kappa shape index (κ2) is 5.93. The maximum atomic E-state index is 12.3. The van der Waals surface area contributed by atoms with E-state index < -0.39 is 4.92 Å². The van der Waals surface area contributed by atoms with Crippen LogP contribution in [0.3, 0.4) is 0 Å². The minimum absolute atomic E-state index is 0.0447. The highest BCUT2D eigenvalue weighted by Gasteiger charge is 2.16. The van der Waals surface area contributed by atoms with Gasteiger partial charge < -0.3 is 0 Å². The molecular formula is C15H10N4O3S. The van der Waals surface area contributed by atoms with Crippen LogP contribution in [0, 0.1) is 15.5 Å². The van der Waals surface area contributed by atoms with Crippen molar-refractivity contribution in [1.82, 2.24) is 9.78 Å². The van der Waals surface area contributed by atoms with E-state index in [1.165, 1.54) is 28.9 Å². The molecule has 0 fully saturated rings. The zero-order chi connectivity index (χ0) is 16.4. The Bertz CT molecular complexity index is 929. The summed E-state index contributed by atoms with van der Waals surface area (Å²) >= 11 is 0.958. The molecule has 0 atom stereocenters. The SMILES string of the molecule is N=c1sc(C(=O)c2ccccc2)nn1-c1ccc([N+](=O)[O-])cc1. The van der Waals surface area contributed by atoms with Gasteiger partial charge in [-0.1, -0.05) is 41.7 Å². The van der Waals surface area contributed by atoms with Crippen molar-refractivity contribution < 1.29 is 9.72 Å². The molecule has 0 spiro atoms. The molecule has 114 valence electrons. The third-order valence-electron chi connectivity index (χ3n) is 3.11. The summed E-state index contributed by atoms with van der Waals surface area (Å²) in [7, 11) is 0. The lowest BCUT2D eigenvalue weighted by Gasteiger charge is -2.00. The Labute approximate surface area is 134 Å². The second-order valence-electron chi connectivity index (χ2n) is 4.59. The number of ketones is 1. The van der Waals surface area contributed by atoms with E-state index in [4.69, 9.17) is 5.41 Å². The van der Waals surface area contributed by atoms with Crippen molar-refractivity contribution in [1.29, 1.82) is 5.41 Å². The molecule has 0 aliphatic carbocycles. The third-order valence-corrected chi connectivity index (χ3v) is 3.94. The van der Waals surface area contributed by atoms with Crippen LogP contribution in [0.25, 0.3) is 5.69 Å². The zero-order valence-corrected chi connectivity index (χ0v) is 12.5. The van der Waals surface area contributed by atoms with Crippen LogP contribution in [0.1, 0.15) is 15.4 Å². The summed E-state index contributed by atoms with van der Waals surface area (Å²) in [5.74, 6) is -0.259. The summed E-state index contributed by atoms with van der Waals surface area (Å²) in [6.45, 7) is 0. The fourth-order valence-corrected chi connectivity index (χ4v) is 2.74. The van der Waals surface area contributed by atoms with Gasteiger partial charge in [0.1, 0.15) is 0 Å². The van der Waals surface area contributed by atoms with Crippen LogP contribution >= 0.6 is 11.3 Å². The van der Waals surface area contributed by atoms with Gasteiger partial charge in [-0.15, -0.1) is 0 Å². The summed E-state index contributed by atoms with van der Waals surface area (Å²) in [4.78, 5) is 22.6. The van der Waals surface area contributed by atoms with Gasteiger partial charge in [0.15, 0.2) is 5.01 Å². The molecule has 0 aliphatic heterocycles. The quantitative estimate of drug-likeness (QED) is 0.452. The third kappa shape index (κ3) is 2.92. The molecule has 23 heavy (non-hydrogen) atoms. The first-order chi connectivity index (χ1) is 11.1. The number of nitro benzene ring substituents is 1. The molecule has 1 heterocycles. The van der Waals surface area contributed by atoms with Crippen molar-refractivity contribution in [2.75, 3.05) is 0 Å². The van der Waals surface area contributed by atoms with Crippen molar-refractivity contribution in [3.8, 4) is 5.69 Å². The Morgan fingerprint density at radius 1 is 1.13 bits per heavy atom. The van der Waals surface area contributed by atoms with Crippen molar-refractivity contribution in [2.45, 2.75) is 0 Å². The molecular weight excluding hydrogens is 316 g/mol. The van der Waals surface area contributed by atoms with Crippen LogP contribution in [-0.4, -0.2) is 20.5 Å². The first-order valence-corrected chi connectivity index (χ1v) is 7.37. The second-order valence-corrected chi connectivity index (χ2v) is 5.57. The van der Waals surface area contributed by atoms with Gasteiger partial charge in [-0.3, -0.25) is 20.3 Å². The van der Waals surface area contributed by atoms with Gasteiger partial charge in [0.05, 0.1) is 10.6 Å². The average molecular weight is 326 g/mol. The Hall–Kier alpha value is -3.13. The molecule has 1 N–H and O–H groups in total. The van der Waals surface area contributed by atoms with Crippen LogP contribution in [0.15, 0.2) is 54.6 Å². The molecule has 0 unspecified atom stereocenters. The smallest absolute Gasteiger partial charge is 0.269 e. The van der Waals surface area contributed by atoms with Crippen molar-refractivity contribution in [2.24, 2.45) is 0 Å². The summed E-state index contributed by atoms with van der Waals surface area (Å²) in [5.41, 5.74) is 0.942. The molecule has 3 aromatic rings. The number of nitrogens with one attached hydrogen (secondary N) is 1. The van der Waals surface area contributed by atoms with Gasteiger partial charge in [0.2, 0.25) is 10.6 Å². The number of non-ortho nitro benzene ring substituents is 1. The van der Waals surface area contributed by atoms with E-state index in [1.807, 2.05) is 6.07 Å². The standard InChI is InChI=1S/C15H10N4O3S/c16-15-18(11-6-8-12(9-7-11)19(21)22)17-14(23-15)13(20)10-4-2-1-3-5-10/h1-9,16H. The van der Waals surface area contributed by atoms with Gasteiger partial charge in [0, 0.05) is 17.7 Å². The fourth-order valence-electron chi connectivity index (χ4n) is 1.99. The predicted molar refractivity (Wildman–Crippen MR) is 83.8 cm³/mol. The van der Waals surface area contributed by atoms with Crippen molar-refractivity contribution in [3.05, 3.63) is 80.1 Å². The van der Waals surface area contributed by atoms with Crippen LogP contribution in [0.5, 0.6) is 0 Å².